The van der Waals surface area contributed by atoms with E-state index in [-0.39, 0.29) is 12.4 Å². The SMILES string of the molecule is Cc1cccc(F)c1-n1ccc(CO)n1. The van der Waals surface area contributed by atoms with Gasteiger partial charge in [0.05, 0.1) is 12.3 Å². The maximum atomic E-state index is 13.5. The molecule has 1 heterocycles. The molecule has 2 rings (SSSR count). The molecule has 0 bridgehead atoms. The lowest BCUT2D eigenvalue weighted by molar-refractivity contribution is 0.276. The van der Waals surface area contributed by atoms with Crippen LogP contribution in [-0.2, 0) is 6.61 Å². The van der Waals surface area contributed by atoms with Gasteiger partial charge in [0.25, 0.3) is 0 Å². The van der Waals surface area contributed by atoms with Crippen LogP contribution in [-0.4, -0.2) is 14.9 Å². The van der Waals surface area contributed by atoms with Gasteiger partial charge in [0.15, 0.2) is 0 Å². The van der Waals surface area contributed by atoms with Crippen LogP contribution < -0.4 is 0 Å². The Balaban J connectivity index is 2.53. The van der Waals surface area contributed by atoms with E-state index < -0.39 is 0 Å². The summed E-state index contributed by atoms with van der Waals surface area (Å²) in [5.74, 6) is -0.317. The van der Waals surface area contributed by atoms with Gasteiger partial charge in [-0.3, -0.25) is 0 Å². The number of halogens is 1. The normalized spacial score (nSPS) is 10.6. The Bertz CT molecular complexity index is 459. The van der Waals surface area contributed by atoms with Crippen molar-refractivity contribution in [3.63, 3.8) is 0 Å². The molecule has 1 aromatic carbocycles. The highest BCUT2D eigenvalue weighted by Gasteiger charge is 2.08. The highest BCUT2D eigenvalue weighted by atomic mass is 19.1. The minimum Gasteiger partial charge on any atom is -0.390 e. The van der Waals surface area contributed by atoms with Gasteiger partial charge in [0, 0.05) is 6.20 Å². The molecule has 0 aliphatic rings. The van der Waals surface area contributed by atoms with Gasteiger partial charge in [-0.15, -0.1) is 0 Å². The predicted octanol–water partition coefficient (Wildman–Crippen LogP) is 1.81. The number of nitrogens with zero attached hydrogens (tertiary/aromatic N) is 2. The van der Waals surface area contributed by atoms with E-state index in [1.54, 1.807) is 18.3 Å². The van der Waals surface area contributed by atoms with Gasteiger partial charge in [-0.2, -0.15) is 5.10 Å². The first-order valence-electron chi connectivity index (χ1n) is 4.63. The van der Waals surface area contributed by atoms with Crippen molar-refractivity contribution in [2.75, 3.05) is 0 Å². The Labute approximate surface area is 86.8 Å². The highest BCUT2D eigenvalue weighted by molar-refractivity contribution is 5.40. The van der Waals surface area contributed by atoms with E-state index in [0.717, 1.165) is 5.56 Å². The van der Waals surface area contributed by atoms with Gasteiger partial charge in [-0.1, -0.05) is 12.1 Å². The number of rotatable bonds is 2. The maximum Gasteiger partial charge on any atom is 0.149 e. The third-order valence-electron chi connectivity index (χ3n) is 2.22. The summed E-state index contributed by atoms with van der Waals surface area (Å²) < 4.78 is 15.0. The fourth-order valence-corrected chi connectivity index (χ4v) is 1.48. The number of aliphatic hydroxyl groups excluding tert-OH is 1. The summed E-state index contributed by atoms with van der Waals surface area (Å²) in [6, 6.07) is 6.53. The average molecular weight is 206 g/mol. The van der Waals surface area contributed by atoms with E-state index in [2.05, 4.69) is 5.10 Å². The molecule has 0 radical (unpaired) electrons. The molecule has 1 aromatic heterocycles. The van der Waals surface area contributed by atoms with Crippen LogP contribution in [0, 0.1) is 12.7 Å². The number of hydrogen-bond donors (Lipinski definition) is 1. The monoisotopic (exact) mass is 206 g/mol. The van der Waals surface area contributed by atoms with Crippen molar-refractivity contribution in [3.05, 3.63) is 47.5 Å². The molecule has 0 saturated carbocycles. The maximum absolute atomic E-state index is 13.5. The Hall–Kier alpha value is -1.68. The summed E-state index contributed by atoms with van der Waals surface area (Å²) in [6.07, 6.45) is 1.64. The number of hydrogen-bond acceptors (Lipinski definition) is 2. The summed E-state index contributed by atoms with van der Waals surface area (Å²) in [5, 5.41) is 12.9. The van der Waals surface area contributed by atoms with Crippen molar-refractivity contribution in [1.29, 1.82) is 0 Å². The fourth-order valence-electron chi connectivity index (χ4n) is 1.48. The number of aliphatic hydroxyl groups is 1. The Morgan fingerprint density at radius 2 is 2.20 bits per heavy atom. The van der Waals surface area contributed by atoms with Gasteiger partial charge in [-0.25, -0.2) is 9.07 Å². The van der Waals surface area contributed by atoms with Crippen molar-refractivity contribution < 1.29 is 9.50 Å². The van der Waals surface area contributed by atoms with Crippen LogP contribution in [0.5, 0.6) is 0 Å². The summed E-state index contributed by atoms with van der Waals surface area (Å²) >= 11 is 0. The van der Waals surface area contributed by atoms with Crippen molar-refractivity contribution in [1.82, 2.24) is 9.78 Å². The summed E-state index contributed by atoms with van der Waals surface area (Å²) in [5.41, 5.74) is 1.76. The third-order valence-corrected chi connectivity index (χ3v) is 2.22. The zero-order valence-electron chi connectivity index (χ0n) is 8.31. The first-order chi connectivity index (χ1) is 7.22. The molecule has 0 fully saturated rings. The van der Waals surface area contributed by atoms with E-state index in [9.17, 15) is 4.39 Å². The van der Waals surface area contributed by atoms with Gasteiger partial charge in [0.2, 0.25) is 0 Å². The van der Waals surface area contributed by atoms with Crippen LogP contribution in [0.4, 0.5) is 4.39 Å². The van der Waals surface area contributed by atoms with Crippen LogP contribution in [0.25, 0.3) is 5.69 Å². The van der Waals surface area contributed by atoms with Crippen molar-refractivity contribution in [2.45, 2.75) is 13.5 Å². The minimum absolute atomic E-state index is 0.138. The van der Waals surface area contributed by atoms with Crippen molar-refractivity contribution >= 4 is 0 Å². The number of para-hydroxylation sites is 1. The molecule has 0 aliphatic heterocycles. The molecular formula is C11H11FN2O. The van der Waals surface area contributed by atoms with Crippen LogP contribution in [0.15, 0.2) is 30.5 Å². The first-order valence-corrected chi connectivity index (χ1v) is 4.63. The topological polar surface area (TPSA) is 38.0 Å². The lowest BCUT2D eigenvalue weighted by atomic mass is 10.2. The van der Waals surface area contributed by atoms with E-state index in [0.29, 0.717) is 11.4 Å². The molecule has 2 aromatic rings. The molecule has 15 heavy (non-hydrogen) atoms. The zero-order valence-corrected chi connectivity index (χ0v) is 8.31. The number of aromatic nitrogens is 2. The molecule has 0 unspecified atom stereocenters. The zero-order chi connectivity index (χ0) is 10.8. The highest BCUT2D eigenvalue weighted by Crippen LogP contribution is 2.17. The molecule has 0 atom stereocenters. The van der Waals surface area contributed by atoms with Crippen LogP contribution in [0.2, 0.25) is 0 Å². The smallest absolute Gasteiger partial charge is 0.149 e. The molecule has 4 heteroatoms. The minimum atomic E-state index is -0.317. The quantitative estimate of drug-likeness (QED) is 0.813. The van der Waals surface area contributed by atoms with Crippen LogP contribution >= 0.6 is 0 Å². The second-order valence-electron chi connectivity index (χ2n) is 3.32. The van der Waals surface area contributed by atoms with E-state index in [4.69, 9.17) is 5.11 Å². The molecule has 1 N–H and O–H groups in total. The Morgan fingerprint density at radius 1 is 1.40 bits per heavy atom. The van der Waals surface area contributed by atoms with Gasteiger partial charge in [-0.05, 0) is 24.6 Å². The van der Waals surface area contributed by atoms with Crippen LogP contribution in [0.1, 0.15) is 11.3 Å². The van der Waals surface area contributed by atoms with E-state index >= 15 is 0 Å². The van der Waals surface area contributed by atoms with Crippen molar-refractivity contribution in [3.8, 4) is 5.69 Å². The lowest BCUT2D eigenvalue weighted by Crippen LogP contribution is -2.01. The predicted molar refractivity (Wildman–Crippen MR) is 54.2 cm³/mol. The molecular weight excluding hydrogens is 195 g/mol. The van der Waals surface area contributed by atoms with E-state index in [1.807, 2.05) is 13.0 Å². The average Bonchev–Trinajstić information content (AvgIpc) is 2.66. The van der Waals surface area contributed by atoms with Gasteiger partial charge in [0.1, 0.15) is 11.5 Å². The standard InChI is InChI=1S/C11H11FN2O/c1-8-3-2-4-10(12)11(8)14-6-5-9(7-15)13-14/h2-6,15H,7H2,1H3. The number of benzene rings is 1. The second kappa shape index (κ2) is 3.82. The van der Waals surface area contributed by atoms with Gasteiger partial charge < -0.3 is 5.11 Å². The van der Waals surface area contributed by atoms with E-state index in [1.165, 1.54) is 10.7 Å². The summed E-state index contributed by atoms with van der Waals surface area (Å²) in [6.45, 7) is 1.68. The summed E-state index contributed by atoms with van der Waals surface area (Å²) in [7, 11) is 0. The Kier molecular flexibility index (Phi) is 2.51. The second-order valence-corrected chi connectivity index (χ2v) is 3.32. The largest absolute Gasteiger partial charge is 0.390 e. The van der Waals surface area contributed by atoms with Crippen LogP contribution in [0.3, 0.4) is 0 Å². The molecule has 0 spiro atoms. The van der Waals surface area contributed by atoms with Gasteiger partial charge >= 0.3 is 0 Å². The molecule has 0 amide bonds. The fraction of sp³-hybridized carbons (Fsp3) is 0.182. The summed E-state index contributed by atoms with van der Waals surface area (Å²) in [4.78, 5) is 0. The molecule has 0 aliphatic carbocycles. The third kappa shape index (κ3) is 1.76. The lowest BCUT2D eigenvalue weighted by Gasteiger charge is -2.06. The van der Waals surface area contributed by atoms with Crippen molar-refractivity contribution in [2.24, 2.45) is 0 Å². The number of aryl methyl sites for hydroxylation is 1. The first kappa shape index (κ1) is 9.86. The molecule has 78 valence electrons. The molecule has 3 nitrogen and oxygen atoms in total. The Morgan fingerprint density at radius 3 is 2.80 bits per heavy atom. The molecule has 0 saturated heterocycles.